The average molecular weight is 375 g/mol. The second kappa shape index (κ2) is 7.87. The molecule has 1 saturated heterocycles. The van der Waals surface area contributed by atoms with Crippen LogP contribution in [0.1, 0.15) is 44.6 Å². The number of ether oxygens (including phenoxy) is 1. The third-order valence-electron chi connectivity index (χ3n) is 4.94. The fourth-order valence-corrected chi connectivity index (χ4v) is 4.23. The summed E-state index contributed by atoms with van der Waals surface area (Å²) >= 11 is 1.23. The third kappa shape index (κ3) is 3.88. The lowest BCUT2D eigenvalue weighted by molar-refractivity contribution is -0.157. The number of esters is 1. The molecule has 1 aromatic rings. The molecule has 1 N–H and O–H groups in total. The molecule has 1 aliphatic heterocycles. The molecule has 0 aromatic carbocycles. The van der Waals surface area contributed by atoms with Crippen molar-refractivity contribution >= 4 is 34.1 Å². The lowest BCUT2D eigenvalue weighted by Gasteiger charge is -2.24. The standard InChI is InChI=1S/C18H21N3O4S/c1-11(16(23)20-17-12(9-19)6-7-26-17)25-18(24)13-8-15(22)21(10-13)14-4-2-3-5-14/h6-7,11,13-14H,2-5,8,10H2,1H3,(H,20,23)/t11-,13-/m0/s1. The molecule has 2 fully saturated rings. The van der Waals surface area contributed by atoms with Crippen LogP contribution in [0.25, 0.3) is 0 Å². The first kappa shape index (κ1) is 18.4. The Kier molecular flexibility index (Phi) is 5.57. The van der Waals surface area contributed by atoms with Gasteiger partial charge in [-0.15, -0.1) is 11.3 Å². The van der Waals surface area contributed by atoms with Gasteiger partial charge in [-0.05, 0) is 31.2 Å². The van der Waals surface area contributed by atoms with Gasteiger partial charge in [0.2, 0.25) is 5.91 Å². The van der Waals surface area contributed by atoms with Crippen molar-refractivity contribution in [2.24, 2.45) is 5.92 Å². The van der Waals surface area contributed by atoms with E-state index in [1.54, 1.807) is 16.3 Å². The molecule has 2 aliphatic rings. The molecule has 1 saturated carbocycles. The molecule has 26 heavy (non-hydrogen) atoms. The molecule has 0 radical (unpaired) electrons. The van der Waals surface area contributed by atoms with Crippen molar-refractivity contribution in [3.05, 3.63) is 17.0 Å². The number of thiophene rings is 1. The predicted molar refractivity (Wildman–Crippen MR) is 95.3 cm³/mol. The summed E-state index contributed by atoms with van der Waals surface area (Å²) in [5.41, 5.74) is 0.371. The Balaban J connectivity index is 1.53. The van der Waals surface area contributed by atoms with Gasteiger partial charge in [0.1, 0.15) is 11.1 Å². The van der Waals surface area contributed by atoms with Crippen LogP contribution in [-0.4, -0.2) is 41.4 Å². The number of hydrogen-bond donors (Lipinski definition) is 1. The molecule has 3 rings (SSSR count). The topological polar surface area (TPSA) is 99.5 Å². The minimum absolute atomic E-state index is 0.00629. The zero-order valence-corrected chi connectivity index (χ0v) is 15.4. The molecule has 2 heterocycles. The van der Waals surface area contributed by atoms with Gasteiger partial charge in [-0.2, -0.15) is 5.26 Å². The van der Waals surface area contributed by atoms with Crippen molar-refractivity contribution in [3.63, 3.8) is 0 Å². The van der Waals surface area contributed by atoms with Crippen molar-refractivity contribution in [3.8, 4) is 6.07 Å². The quantitative estimate of drug-likeness (QED) is 0.796. The maximum absolute atomic E-state index is 12.4. The highest BCUT2D eigenvalue weighted by Crippen LogP contribution is 2.30. The van der Waals surface area contributed by atoms with E-state index < -0.39 is 23.9 Å². The summed E-state index contributed by atoms with van der Waals surface area (Å²) in [6.45, 7) is 1.86. The lowest BCUT2D eigenvalue weighted by Crippen LogP contribution is -2.36. The molecule has 0 bridgehead atoms. The highest BCUT2D eigenvalue weighted by Gasteiger charge is 2.40. The SMILES string of the molecule is C[C@H](OC(=O)[C@H]1CC(=O)N(C2CCCC2)C1)C(=O)Nc1sccc1C#N. The summed E-state index contributed by atoms with van der Waals surface area (Å²) in [5.74, 6) is -1.54. The highest BCUT2D eigenvalue weighted by atomic mass is 32.1. The van der Waals surface area contributed by atoms with Crippen LogP contribution in [0, 0.1) is 17.2 Å². The van der Waals surface area contributed by atoms with E-state index in [0.29, 0.717) is 17.1 Å². The van der Waals surface area contributed by atoms with Crippen molar-refractivity contribution in [1.29, 1.82) is 5.26 Å². The molecule has 1 aromatic heterocycles. The highest BCUT2D eigenvalue weighted by molar-refractivity contribution is 7.14. The van der Waals surface area contributed by atoms with E-state index in [9.17, 15) is 14.4 Å². The molecule has 2 amide bonds. The molecular weight excluding hydrogens is 354 g/mol. The van der Waals surface area contributed by atoms with Gasteiger partial charge in [0, 0.05) is 19.0 Å². The van der Waals surface area contributed by atoms with E-state index in [-0.39, 0.29) is 18.4 Å². The van der Waals surface area contributed by atoms with Gasteiger partial charge >= 0.3 is 5.97 Å². The number of hydrogen-bond acceptors (Lipinski definition) is 6. The van der Waals surface area contributed by atoms with Gasteiger partial charge in [0.25, 0.3) is 5.91 Å². The maximum atomic E-state index is 12.4. The third-order valence-corrected chi connectivity index (χ3v) is 5.77. The minimum Gasteiger partial charge on any atom is -0.452 e. The number of likely N-dealkylation sites (tertiary alicyclic amines) is 1. The Labute approximate surface area is 155 Å². The van der Waals surface area contributed by atoms with Crippen molar-refractivity contribution in [2.45, 2.75) is 51.2 Å². The second-order valence-electron chi connectivity index (χ2n) is 6.73. The van der Waals surface area contributed by atoms with E-state index in [1.807, 2.05) is 6.07 Å². The number of rotatable bonds is 5. The normalized spacial score (nSPS) is 21.5. The van der Waals surface area contributed by atoms with Crippen molar-refractivity contribution < 1.29 is 19.1 Å². The van der Waals surface area contributed by atoms with Gasteiger partial charge < -0.3 is 15.0 Å². The summed E-state index contributed by atoms with van der Waals surface area (Å²) < 4.78 is 5.27. The Morgan fingerprint density at radius 1 is 1.42 bits per heavy atom. The Morgan fingerprint density at radius 2 is 2.15 bits per heavy atom. The monoisotopic (exact) mass is 375 g/mol. The first-order valence-corrected chi connectivity index (χ1v) is 9.66. The van der Waals surface area contributed by atoms with Gasteiger partial charge in [0.15, 0.2) is 6.10 Å². The Bertz CT molecular complexity index is 748. The van der Waals surface area contributed by atoms with E-state index in [1.165, 1.54) is 18.3 Å². The smallest absolute Gasteiger partial charge is 0.312 e. The van der Waals surface area contributed by atoms with Gasteiger partial charge in [0.05, 0.1) is 11.5 Å². The van der Waals surface area contributed by atoms with E-state index >= 15 is 0 Å². The number of nitriles is 1. The van der Waals surface area contributed by atoms with Gasteiger partial charge in [-0.3, -0.25) is 14.4 Å². The number of carbonyl (C=O) groups is 3. The van der Waals surface area contributed by atoms with Crippen LogP contribution in [0.5, 0.6) is 0 Å². The van der Waals surface area contributed by atoms with Crippen LogP contribution in [0.15, 0.2) is 11.4 Å². The zero-order chi connectivity index (χ0) is 18.7. The molecule has 138 valence electrons. The van der Waals surface area contributed by atoms with Gasteiger partial charge in [-0.1, -0.05) is 12.8 Å². The van der Waals surface area contributed by atoms with E-state index in [2.05, 4.69) is 5.32 Å². The average Bonchev–Trinajstić information content (AvgIpc) is 3.34. The molecule has 1 aliphatic carbocycles. The maximum Gasteiger partial charge on any atom is 0.312 e. The van der Waals surface area contributed by atoms with E-state index in [0.717, 1.165) is 25.7 Å². The van der Waals surface area contributed by atoms with Crippen LogP contribution in [0.4, 0.5) is 5.00 Å². The number of nitrogens with one attached hydrogen (secondary N) is 1. The summed E-state index contributed by atoms with van der Waals surface area (Å²) in [4.78, 5) is 38.5. The largest absolute Gasteiger partial charge is 0.452 e. The Hall–Kier alpha value is -2.40. The summed E-state index contributed by atoms with van der Waals surface area (Å²) in [6, 6.07) is 3.84. The second-order valence-corrected chi connectivity index (χ2v) is 7.65. The van der Waals surface area contributed by atoms with Crippen molar-refractivity contribution in [1.82, 2.24) is 4.90 Å². The Morgan fingerprint density at radius 3 is 2.85 bits per heavy atom. The van der Waals surface area contributed by atoms with Crippen LogP contribution in [0.2, 0.25) is 0 Å². The summed E-state index contributed by atoms with van der Waals surface area (Å²) in [6.07, 6.45) is 3.38. The van der Waals surface area contributed by atoms with Gasteiger partial charge in [-0.25, -0.2) is 0 Å². The molecule has 0 unspecified atom stereocenters. The molecule has 7 nitrogen and oxygen atoms in total. The number of anilines is 1. The fraction of sp³-hybridized carbons (Fsp3) is 0.556. The minimum atomic E-state index is -0.994. The zero-order valence-electron chi connectivity index (χ0n) is 14.6. The van der Waals surface area contributed by atoms with E-state index in [4.69, 9.17) is 10.00 Å². The summed E-state index contributed by atoms with van der Waals surface area (Å²) in [7, 11) is 0. The predicted octanol–water partition coefficient (Wildman–Crippen LogP) is 2.28. The molecular formula is C18H21N3O4S. The fourth-order valence-electron chi connectivity index (χ4n) is 3.49. The number of nitrogens with zero attached hydrogens (tertiary/aromatic N) is 2. The first-order chi connectivity index (χ1) is 12.5. The summed E-state index contributed by atoms with van der Waals surface area (Å²) in [5, 5.41) is 13.7. The van der Waals surface area contributed by atoms with Crippen LogP contribution < -0.4 is 5.32 Å². The van der Waals surface area contributed by atoms with Crippen LogP contribution in [0.3, 0.4) is 0 Å². The first-order valence-electron chi connectivity index (χ1n) is 8.78. The molecule has 2 atom stereocenters. The van der Waals surface area contributed by atoms with Crippen molar-refractivity contribution in [2.75, 3.05) is 11.9 Å². The number of carbonyl (C=O) groups excluding carboxylic acids is 3. The number of amides is 2. The molecule has 8 heteroatoms. The van der Waals surface area contributed by atoms with Crippen LogP contribution in [-0.2, 0) is 19.1 Å². The lowest BCUT2D eigenvalue weighted by atomic mass is 10.1. The van der Waals surface area contributed by atoms with Crippen LogP contribution >= 0.6 is 11.3 Å². The molecule has 0 spiro atoms.